The maximum Gasteiger partial charge on any atom is 0.410 e. The van der Waals surface area contributed by atoms with E-state index in [0.29, 0.717) is 24.0 Å². The predicted octanol–water partition coefficient (Wildman–Crippen LogP) is 4.46. The minimum absolute atomic E-state index is 0.102. The maximum absolute atomic E-state index is 12.5. The van der Waals surface area contributed by atoms with Crippen LogP contribution in [0.4, 0.5) is 4.79 Å². The lowest BCUT2D eigenvalue weighted by Crippen LogP contribution is -2.62. The van der Waals surface area contributed by atoms with Crippen molar-refractivity contribution in [2.75, 3.05) is 13.2 Å². The van der Waals surface area contributed by atoms with Crippen LogP contribution >= 0.6 is 0 Å². The minimum atomic E-state index is -0.102. The van der Waals surface area contributed by atoms with Gasteiger partial charge in [0.15, 0.2) is 0 Å². The molecule has 3 nitrogen and oxygen atoms in total. The molecule has 1 saturated carbocycles. The average molecular weight is 327 g/mol. The fourth-order valence-electron chi connectivity index (χ4n) is 5.71. The Hall–Kier alpha value is -1.51. The number of nitrogens with zero attached hydrogens (tertiary/aromatic N) is 1. The van der Waals surface area contributed by atoms with E-state index in [1.807, 2.05) is 6.92 Å². The fraction of sp³-hybridized carbons (Fsp3) is 0.667. The van der Waals surface area contributed by atoms with E-state index in [1.54, 1.807) is 5.56 Å². The molecule has 2 bridgehead atoms. The zero-order valence-corrected chi connectivity index (χ0v) is 15.0. The van der Waals surface area contributed by atoms with E-state index in [9.17, 15) is 4.79 Å². The lowest BCUT2D eigenvalue weighted by molar-refractivity contribution is -0.0109. The number of ether oxygens (including phenoxy) is 1. The van der Waals surface area contributed by atoms with Gasteiger partial charge in [0.25, 0.3) is 0 Å². The summed E-state index contributed by atoms with van der Waals surface area (Å²) in [6, 6.07) is 7.44. The standard InChI is InChI=1S/C21H29NO2/c1-3-15-8-9-16-14-19-17-7-5-6-10-21(17,18(16)13-15)11-12-22(19)20(23)24-4-2/h8-9,13,17,19H,3-7,10-12,14H2,1-2H3. The molecule has 0 aromatic heterocycles. The summed E-state index contributed by atoms with van der Waals surface area (Å²) >= 11 is 0. The second-order valence-corrected chi connectivity index (χ2v) is 7.77. The van der Waals surface area contributed by atoms with Crippen LogP contribution in [0.25, 0.3) is 0 Å². The molecule has 0 spiro atoms. The smallest absolute Gasteiger partial charge is 0.410 e. The Labute approximate surface area is 145 Å². The van der Waals surface area contributed by atoms with Gasteiger partial charge in [-0.05, 0) is 61.6 Å². The van der Waals surface area contributed by atoms with Gasteiger partial charge in [0.2, 0.25) is 0 Å². The number of benzene rings is 1. The second kappa shape index (κ2) is 6.09. The monoisotopic (exact) mass is 327 g/mol. The van der Waals surface area contributed by atoms with Crippen LogP contribution in [0.2, 0.25) is 0 Å². The van der Waals surface area contributed by atoms with Crippen LogP contribution in [-0.4, -0.2) is 30.2 Å². The van der Waals surface area contributed by atoms with E-state index in [1.165, 1.54) is 36.8 Å². The molecular formula is C21H29NO2. The highest BCUT2D eigenvalue weighted by molar-refractivity contribution is 5.69. The Morgan fingerprint density at radius 3 is 2.96 bits per heavy atom. The number of piperidine rings is 1. The van der Waals surface area contributed by atoms with Crippen molar-refractivity contribution < 1.29 is 9.53 Å². The van der Waals surface area contributed by atoms with Crippen LogP contribution in [0.15, 0.2) is 18.2 Å². The molecule has 3 heteroatoms. The Morgan fingerprint density at radius 2 is 2.17 bits per heavy atom. The van der Waals surface area contributed by atoms with Gasteiger partial charge in [-0.15, -0.1) is 0 Å². The van der Waals surface area contributed by atoms with Crippen molar-refractivity contribution in [1.29, 1.82) is 0 Å². The van der Waals surface area contributed by atoms with Gasteiger partial charge < -0.3 is 9.64 Å². The molecule has 1 heterocycles. The molecule has 2 fully saturated rings. The summed E-state index contributed by atoms with van der Waals surface area (Å²) in [5.41, 5.74) is 4.86. The van der Waals surface area contributed by atoms with Crippen LogP contribution in [0.3, 0.4) is 0 Å². The lowest BCUT2D eigenvalue weighted by Gasteiger charge is -2.58. The number of fused-ring (bicyclic) bond motifs is 1. The van der Waals surface area contributed by atoms with Gasteiger partial charge in [-0.3, -0.25) is 0 Å². The van der Waals surface area contributed by atoms with Crippen molar-refractivity contribution in [3.05, 3.63) is 34.9 Å². The molecule has 3 unspecified atom stereocenters. The molecule has 1 amide bonds. The first-order chi connectivity index (χ1) is 11.7. The number of aryl methyl sites for hydroxylation is 1. The van der Waals surface area contributed by atoms with Gasteiger partial charge in [-0.2, -0.15) is 0 Å². The highest BCUT2D eigenvalue weighted by Crippen LogP contribution is 2.55. The molecule has 1 aromatic carbocycles. The molecule has 3 aliphatic rings. The van der Waals surface area contributed by atoms with E-state index >= 15 is 0 Å². The third kappa shape index (κ3) is 2.28. The minimum Gasteiger partial charge on any atom is -0.450 e. The molecule has 2 aliphatic carbocycles. The molecular weight excluding hydrogens is 298 g/mol. The van der Waals surface area contributed by atoms with Crippen molar-refractivity contribution in [2.45, 2.75) is 70.3 Å². The molecule has 0 N–H and O–H groups in total. The van der Waals surface area contributed by atoms with E-state index in [0.717, 1.165) is 25.8 Å². The first kappa shape index (κ1) is 16.0. The van der Waals surface area contributed by atoms with E-state index in [2.05, 4.69) is 30.0 Å². The number of hydrogen-bond acceptors (Lipinski definition) is 2. The average Bonchev–Trinajstić information content (AvgIpc) is 2.61. The SMILES string of the molecule is CCOC(=O)N1CCC23CCCCC2C1Cc1ccc(CC)cc13. The van der Waals surface area contributed by atoms with Gasteiger partial charge in [0, 0.05) is 18.0 Å². The van der Waals surface area contributed by atoms with Gasteiger partial charge in [0.05, 0.1) is 6.61 Å². The summed E-state index contributed by atoms with van der Waals surface area (Å²) in [5.74, 6) is 0.615. The number of amides is 1. The van der Waals surface area contributed by atoms with Crippen LogP contribution in [0.5, 0.6) is 0 Å². The van der Waals surface area contributed by atoms with E-state index < -0.39 is 0 Å². The zero-order chi connectivity index (χ0) is 16.7. The summed E-state index contributed by atoms with van der Waals surface area (Å²) in [5, 5.41) is 0. The third-order valence-electron chi connectivity index (χ3n) is 6.81. The Morgan fingerprint density at radius 1 is 1.29 bits per heavy atom. The summed E-state index contributed by atoms with van der Waals surface area (Å²) < 4.78 is 5.36. The Kier molecular flexibility index (Phi) is 4.06. The van der Waals surface area contributed by atoms with Crippen LogP contribution < -0.4 is 0 Å². The van der Waals surface area contributed by atoms with Crippen LogP contribution in [0, 0.1) is 5.92 Å². The molecule has 4 rings (SSSR count). The highest BCUT2D eigenvalue weighted by atomic mass is 16.6. The van der Waals surface area contributed by atoms with Gasteiger partial charge in [0.1, 0.15) is 0 Å². The molecule has 130 valence electrons. The highest BCUT2D eigenvalue weighted by Gasteiger charge is 2.54. The Balaban J connectivity index is 1.77. The summed E-state index contributed by atoms with van der Waals surface area (Å²) in [6.45, 7) is 5.46. The first-order valence-electron chi connectivity index (χ1n) is 9.75. The van der Waals surface area contributed by atoms with Gasteiger partial charge in [-0.1, -0.05) is 38.0 Å². The number of rotatable bonds is 2. The molecule has 1 aliphatic heterocycles. The molecule has 0 radical (unpaired) electrons. The maximum atomic E-state index is 12.5. The summed E-state index contributed by atoms with van der Waals surface area (Å²) in [6.07, 6.45) is 8.31. The van der Waals surface area contributed by atoms with Crippen LogP contribution in [-0.2, 0) is 23.0 Å². The van der Waals surface area contributed by atoms with E-state index in [-0.39, 0.29) is 6.09 Å². The van der Waals surface area contributed by atoms with E-state index in [4.69, 9.17) is 4.74 Å². The zero-order valence-electron chi connectivity index (χ0n) is 15.0. The van der Waals surface area contributed by atoms with Crippen molar-refractivity contribution in [2.24, 2.45) is 5.92 Å². The number of carbonyl (C=O) groups excluding carboxylic acids is 1. The number of likely N-dealkylation sites (tertiary alicyclic amines) is 1. The van der Waals surface area contributed by atoms with Crippen molar-refractivity contribution in [3.8, 4) is 0 Å². The van der Waals surface area contributed by atoms with Crippen molar-refractivity contribution in [1.82, 2.24) is 4.90 Å². The second-order valence-electron chi connectivity index (χ2n) is 7.77. The summed E-state index contributed by atoms with van der Waals surface area (Å²) in [7, 11) is 0. The van der Waals surface area contributed by atoms with Crippen molar-refractivity contribution in [3.63, 3.8) is 0 Å². The first-order valence-corrected chi connectivity index (χ1v) is 9.75. The largest absolute Gasteiger partial charge is 0.450 e. The third-order valence-corrected chi connectivity index (χ3v) is 6.81. The molecule has 1 aromatic rings. The number of carbonyl (C=O) groups is 1. The van der Waals surface area contributed by atoms with Gasteiger partial charge in [-0.25, -0.2) is 4.79 Å². The number of hydrogen-bond donors (Lipinski definition) is 0. The summed E-state index contributed by atoms with van der Waals surface area (Å²) in [4.78, 5) is 14.5. The van der Waals surface area contributed by atoms with Gasteiger partial charge >= 0.3 is 6.09 Å². The fourth-order valence-corrected chi connectivity index (χ4v) is 5.71. The topological polar surface area (TPSA) is 29.5 Å². The van der Waals surface area contributed by atoms with Crippen LogP contribution in [0.1, 0.15) is 62.6 Å². The normalized spacial score (nSPS) is 31.2. The quantitative estimate of drug-likeness (QED) is 0.802. The van der Waals surface area contributed by atoms with Crippen molar-refractivity contribution >= 4 is 6.09 Å². The molecule has 3 atom stereocenters. The predicted molar refractivity (Wildman–Crippen MR) is 95.3 cm³/mol. The molecule has 1 saturated heterocycles. The lowest BCUT2D eigenvalue weighted by atomic mass is 9.52. The molecule has 24 heavy (non-hydrogen) atoms. The Bertz CT molecular complexity index is 641.